The summed E-state index contributed by atoms with van der Waals surface area (Å²) in [6.45, 7) is 6.74. The number of carbonyl (C=O) groups is 1. The van der Waals surface area contributed by atoms with Crippen molar-refractivity contribution in [1.82, 2.24) is 0 Å². The Morgan fingerprint density at radius 1 is 0.788 bits per heavy atom. The van der Waals surface area contributed by atoms with Gasteiger partial charge >= 0.3 is 0 Å². The van der Waals surface area contributed by atoms with E-state index in [9.17, 15) is 21.6 Å². The highest BCUT2D eigenvalue weighted by molar-refractivity contribution is 7.92. The first-order valence-electron chi connectivity index (χ1n) is 10.3. The van der Waals surface area contributed by atoms with E-state index < -0.39 is 31.0 Å². The monoisotopic (exact) mass is 486 g/mol. The van der Waals surface area contributed by atoms with Gasteiger partial charge in [-0.1, -0.05) is 30.3 Å². The molecule has 33 heavy (non-hydrogen) atoms. The fourth-order valence-corrected chi connectivity index (χ4v) is 5.69. The van der Waals surface area contributed by atoms with Crippen LogP contribution in [0.15, 0.2) is 76.5 Å². The number of hydrogen-bond donors (Lipinski definition) is 2. The molecule has 2 N–H and O–H groups in total. The Balaban J connectivity index is 1.83. The zero-order valence-corrected chi connectivity index (χ0v) is 20.4. The van der Waals surface area contributed by atoms with E-state index in [0.29, 0.717) is 11.4 Å². The van der Waals surface area contributed by atoms with E-state index in [1.165, 1.54) is 36.4 Å². The molecule has 3 aromatic rings. The molecule has 3 aromatic carbocycles. The second-order valence-electron chi connectivity index (χ2n) is 7.94. The molecule has 0 saturated heterocycles. The number of benzene rings is 3. The second-order valence-corrected chi connectivity index (χ2v) is 12.1. The highest BCUT2D eigenvalue weighted by Gasteiger charge is 2.25. The maximum Gasteiger partial charge on any atom is 0.261 e. The molecule has 0 bridgehead atoms. The maximum absolute atomic E-state index is 12.8. The lowest BCUT2D eigenvalue weighted by Gasteiger charge is -2.14. The third kappa shape index (κ3) is 5.26. The summed E-state index contributed by atoms with van der Waals surface area (Å²) in [6.07, 6.45) is 0. The van der Waals surface area contributed by atoms with Crippen LogP contribution >= 0.6 is 0 Å². The van der Waals surface area contributed by atoms with Crippen molar-refractivity contribution in [3.8, 4) is 0 Å². The largest absolute Gasteiger partial charge is 0.322 e. The molecule has 0 aliphatic heterocycles. The van der Waals surface area contributed by atoms with Gasteiger partial charge in [0.2, 0.25) is 0 Å². The van der Waals surface area contributed by atoms with Crippen molar-refractivity contribution in [3.05, 3.63) is 83.4 Å². The van der Waals surface area contributed by atoms with Crippen molar-refractivity contribution in [1.29, 1.82) is 0 Å². The lowest BCUT2D eigenvalue weighted by molar-refractivity contribution is 0.102. The number of anilines is 2. The van der Waals surface area contributed by atoms with Crippen LogP contribution in [0.2, 0.25) is 0 Å². The first-order chi connectivity index (χ1) is 15.4. The van der Waals surface area contributed by atoms with Gasteiger partial charge in [-0.25, -0.2) is 16.8 Å². The smallest absolute Gasteiger partial charge is 0.261 e. The second kappa shape index (κ2) is 9.36. The summed E-state index contributed by atoms with van der Waals surface area (Å²) in [5, 5.41) is 1.96. The van der Waals surface area contributed by atoms with E-state index in [1.807, 2.05) is 32.0 Å². The summed E-state index contributed by atoms with van der Waals surface area (Å²) in [5.74, 6) is -0.598. The lowest BCUT2D eigenvalue weighted by Crippen LogP contribution is -2.21. The summed E-state index contributed by atoms with van der Waals surface area (Å²) < 4.78 is 53.5. The number of rotatable bonds is 7. The van der Waals surface area contributed by atoms with E-state index in [0.717, 1.165) is 11.1 Å². The highest BCUT2D eigenvalue weighted by atomic mass is 32.2. The van der Waals surface area contributed by atoms with E-state index in [1.54, 1.807) is 26.0 Å². The normalized spacial score (nSPS) is 11.9. The maximum atomic E-state index is 12.8. The zero-order chi connectivity index (χ0) is 24.4. The van der Waals surface area contributed by atoms with Crippen molar-refractivity contribution >= 4 is 37.1 Å². The molecule has 0 aliphatic rings. The van der Waals surface area contributed by atoms with Crippen molar-refractivity contribution in [2.75, 3.05) is 10.0 Å². The Bertz CT molecular complexity index is 1370. The average Bonchev–Trinajstić information content (AvgIpc) is 2.76. The van der Waals surface area contributed by atoms with Crippen LogP contribution in [-0.4, -0.2) is 28.0 Å². The van der Waals surface area contributed by atoms with Crippen LogP contribution < -0.4 is 10.0 Å². The number of nitrogens with one attached hydrogen (secondary N) is 2. The fourth-order valence-electron chi connectivity index (χ4n) is 3.24. The van der Waals surface area contributed by atoms with Gasteiger partial charge in [0.15, 0.2) is 9.84 Å². The molecule has 0 spiro atoms. The number of para-hydroxylation sites is 1. The Morgan fingerprint density at radius 2 is 1.36 bits per heavy atom. The third-order valence-corrected chi connectivity index (χ3v) is 8.77. The number of amides is 1. The summed E-state index contributed by atoms with van der Waals surface area (Å²) in [5.41, 5.74) is 2.50. The Hall–Kier alpha value is -3.17. The average molecular weight is 487 g/mol. The van der Waals surface area contributed by atoms with Crippen molar-refractivity contribution in [2.45, 2.75) is 42.7 Å². The lowest BCUT2D eigenvalue weighted by atomic mass is 10.1. The van der Waals surface area contributed by atoms with Crippen LogP contribution in [0.5, 0.6) is 0 Å². The van der Waals surface area contributed by atoms with Gasteiger partial charge in [0, 0.05) is 5.69 Å². The molecular weight excluding hydrogens is 460 g/mol. The SMILES string of the molecule is Cc1cccc(C)c1NS(=O)(=O)c1ccc(NC(=O)c2ccccc2S(=O)(=O)C(C)C)cc1. The minimum Gasteiger partial charge on any atom is -0.322 e. The molecule has 1 amide bonds. The predicted octanol–water partition coefficient (Wildman–Crippen LogP) is 4.54. The predicted molar refractivity (Wildman–Crippen MR) is 130 cm³/mol. The van der Waals surface area contributed by atoms with Crippen LogP contribution in [0.1, 0.15) is 35.3 Å². The van der Waals surface area contributed by atoms with E-state index >= 15 is 0 Å². The third-order valence-electron chi connectivity index (χ3n) is 5.20. The number of aryl methyl sites for hydroxylation is 2. The fraction of sp³-hybridized carbons (Fsp3) is 0.208. The Labute approximate surface area is 194 Å². The standard InChI is InChI=1S/C24H26N2O5S2/c1-16(2)32(28,29)22-11-6-5-10-21(22)24(27)25-19-12-14-20(15-13-19)33(30,31)26-23-17(3)8-7-9-18(23)4/h5-16,26H,1-4H3,(H,25,27). The van der Waals surface area contributed by atoms with Gasteiger partial charge < -0.3 is 5.32 Å². The quantitative estimate of drug-likeness (QED) is 0.510. The zero-order valence-electron chi connectivity index (χ0n) is 18.8. The van der Waals surface area contributed by atoms with Crippen LogP contribution in [0.25, 0.3) is 0 Å². The van der Waals surface area contributed by atoms with Crippen LogP contribution in [0, 0.1) is 13.8 Å². The van der Waals surface area contributed by atoms with Gasteiger partial charge in [0.05, 0.1) is 26.3 Å². The molecule has 3 rings (SSSR count). The molecule has 0 heterocycles. The minimum absolute atomic E-state index is 0.0274. The molecule has 9 heteroatoms. The van der Waals surface area contributed by atoms with Crippen LogP contribution in [0.4, 0.5) is 11.4 Å². The molecule has 0 radical (unpaired) electrons. The number of sulfonamides is 1. The van der Waals surface area contributed by atoms with E-state index in [2.05, 4.69) is 10.0 Å². The molecule has 0 aromatic heterocycles. The molecule has 0 fully saturated rings. The summed E-state index contributed by atoms with van der Waals surface area (Å²) in [4.78, 5) is 12.8. The first-order valence-corrected chi connectivity index (χ1v) is 13.3. The van der Waals surface area contributed by atoms with Gasteiger partial charge in [0.1, 0.15) is 0 Å². The van der Waals surface area contributed by atoms with E-state index in [4.69, 9.17) is 0 Å². The number of hydrogen-bond acceptors (Lipinski definition) is 5. The summed E-state index contributed by atoms with van der Waals surface area (Å²) >= 11 is 0. The number of sulfone groups is 1. The molecule has 0 atom stereocenters. The Morgan fingerprint density at radius 3 is 1.94 bits per heavy atom. The molecule has 7 nitrogen and oxygen atoms in total. The van der Waals surface area contributed by atoms with Gasteiger partial charge in [-0.2, -0.15) is 0 Å². The summed E-state index contributed by atoms with van der Waals surface area (Å²) in [7, 11) is -7.49. The van der Waals surface area contributed by atoms with Crippen molar-refractivity contribution in [3.63, 3.8) is 0 Å². The van der Waals surface area contributed by atoms with Gasteiger partial charge in [0.25, 0.3) is 15.9 Å². The van der Waals surface area contributed by atoms with Crippen LogP contribution in [-0.2, 0) is 19.9 Å². The van der Waals surface area contributed by atoms with Crippen molar-refractivity contribution in [2.24, 2.45) is 0 Å². The van der Waals surface area contributed by atoms with Gasteiger partial charge in [-0.05, 0) is 75.2 Å². The number of carbonyl (C=O) groups excluding carboxylic acids is 1. The van der Waals surface area contributed by atoms with Crippen LogP contribution in [0.3, 0.4) is 0 Å². The van der Waals surface area contributed by atoms with E-state index in [-0.39, 0.29) is 15.4 Å². The molecule has 0 aliphatic carbocycles. The van der Waals surface area contributed by atoms with Gasteiger partial charge in [-0.3, -0.25) is 9.52 Å². The molecule has 174 valence electrons. The Kier molecular flexibility index (Phi) is 6.94. The van der Waals surface area contributed by atoms with Crippen molar-refractivity contribution < 1.29 is 21.6 Å². The first kappa shape index (κ1) is 24.5. The minimum atomic E-state index is -3.83. The molecule has 0 unspecified atom stereocenters. The topological polar surface area (TPSA) is 109 Å². The molecule has 0 saturated carbocycles. The van der Waals surface area contributed by atoms with Gasteiger partial charge in [-0.15, -0.1) is 0 Å². The summed E-state index contributed by atoms with van der Waals surface area (Å²) in [6, 6.07) is 17.2. The highest BCUT2D eigenvalue weighted by Crippen LogP contribution is 2.25. The molecular formula is C24H26N2O5S2.